The standard InChI is InChI=1S/C23H28N2O5S/c1-16-13-17(2)15-20(14-16)24-22(26)21(18-7-5-4-6-8-18)30-23(27)19-9-11-25(12-10-19)31(3,28)29/h4-8,13-15,19,21H,9-12H2,1-3H3,(H,24,26)/t21-/m1/s1. The van der Waals surface area contributed by atoms with Gasteiger partial charge < -0.3 is 10.1 Å². The van der Waals surface area contributed by atoms with E-state index in [1.54, 1.807) is 24.3 Å². The molecule has 1 saturated heterocycles. The van der Waals surface area contributed by atoms with Crippen LogP contribution < -0.4 is 5.32 Å². The van der Waals surface area contributed by atoms with Crippen LogP contribution in [0.15, 0.2) is 48.5 Å². The number of piperidine rings is 1. The van der Waals surface area contributed by atoms with Crippen molar-refractivity contribution in [2.45, 2.75) is 32.8 Å². The SMILES string of the molecule is Cc1cc(C)cc(NC(=O)[C@H](OC(=O)C2CCN(S(C)(=O)=O)CC2)c2ccccc2)c1. The first-order valence-electron chi connectivity index (χ1n) is 10.2. The Morgan fingerprint density at radius 2 is 1.61 bits per heavy atom. The van der Waals surface area contributed by atoms with Crippen LogP contribution in [0, 0.1) is 19.8 Å². The molecule has 1 N–H and O–H groups in total. The molecule has 0 aromatic heterocycles. The maximum absolute atomic E-state index is 13.1. The normalized spacial score (nSPS) is 16.5. The van der Waals surface area contributed by atoms with Crippen LogP contribution in [-0.4, -0.2) is 43.9 Å². The van der Waals surface area contributed by atoms with Crippen LogP contribution in [0.1, 0.15) is 35.6 Å². The molecular formula is C23H28N2O5S. The van der Waals surface area contributed by atoms with Crippen molar-refractivity contribution in [1.29, 1.82) is 0 Å². The average Bonchev–Trinajstić information content (AvgIpc) is 2.71. The van der Waals surface area contributed by atoms with Gasteiger partial charge in [-0.3, -0.25) is 9.59 Å². The van der Waals surface area contributed by atoms with Crippen molar-refractivity contribution in [1.82, 2.24) is 4.31 Å². The van der Waals surface area contributed by atoms with Gasteiger partial charge in [-0.1, -0.05) is 36.4 Å². The van der Waals surface area contributed by atoms with Gasteiger partial charge in [0.2, 0.25) is 16.1 Å². The summed E-state index contributed by atoms with van der Waals surface area (Å²) in [5, 5.41) is 2.85. The Morgan fingerprint density at radius 1 is 1.03 bits per heavy atom. The highest BCUT2D eigenvalue weighted by Crippen LogP contribution is 2.26. The first-order chi connectivity index (χ1) is 14.6. The Bertz CT molecular complexity index is 1020. The molecule has 166 valence electrons. The third-order valence-corrected chi connectivity index (χ3v) is 6.62. The zero-order chi connectivity index (χ0) is 22.6. The van der Waals surface area contributed by atoms with Crippen LogP contribution in [-0.2, 0) is 24.3 Å². The van der Waals surface area contributed by atoms with E-state index in [9.17, 15) is 18.0 Å². The number of nitrogens with zero attached hydrogens (tertiary/aromatic N) is 1. The van der Waals surface area contributed by atoms with E-state index in [0.29, 0.717) is 24.1 Å². The van der Waals surface area contributed by atoms with Crippen LogP contribution in [0.5, 0.6) is 0 Å². The van der Waals surface area contributed by atoms with Gasteiger partial charge in [0, 0.05) is 24.3 Å². The molecule has 7 nitrogen and oxygen atoms in total. The van der Waals surface area contributed by atoms with E-state index >= 15 is 0 Å². The molecule has 0 saturated carbocycles. The van der Waals surface area contributed by atoms with Crippen molar-refractivity contribution in [3.63, 3.8) is 0 Å². The van der Waals surface area contributed by atoms with E-state index < -0.39 is 33.9 Å². The van der Waals surface area contributed by atoms with Gasteiger partial charge in [-0.2, -0.15) is 0 Å². The van der Waals surface area contributed by atoms with Crippen LogP contribution in [0.25, 0.3) is 0 Å². The van der Waals surface area contributed by atoms with Gasteiger partial charge in [-0.25, -0.2) is 12.7 Å². The molecule has 2 aromatic carbocycles. The number of hydrogen-bond donors (Lipinski definition) is 1. The number of carbonyl (C=O) groups is 2. The molecule has 0 bridgehead atoms. The molecule has 0 unspecified atom stereocenters. The summed E-state index contributed by atoms with van der Waals surface area (Å²) in [7, 11) is -3.28. The molecular weight excluding hydrogens is 416 g/mol. The lowest BCUT2D eigenvalue weighted by Crippen LogP contribution is -2.40. The van der Waals surface area contributed by atoms with Crippen LogP contribution in [0.4, 0.5) is 5.69 Å². The first kappa shape index (κ1) is 23.0. The van der Waals surface area contributed by atoms with Crippen LogP contribution in [0.2, 0.25) is 0 Å². The fourth-order valence-corrected chi connectivity index (χ4v) is 4.67. The molecule has 1 heterocycles. The summed E-state index contributed by atoms with van der Waals surface area (Å²) in [6.07, 6.45) is 0.801. The fourth-order valence-electron chi connectivity index (χ4n) is 3.79. The van der Waals surface area contributed by atoms with E-state index in [-0.39, 0.29) is 13.1 Å². The van der Waals surface area contributed by atoms with Crippen molar-refractivity contribution in [3.05, 3.63) is 65.2 Å². The van der Waals surface area contributed by atoms with Crippen molar-refractivity contribution in [2.75, 3.05) is 24.7 Å². The van der Waals surface area contributed by atoms with Gasteiger partial charge >= 0.3 is 5.97 Å². The second kappa shape index (κ2) is 9.62. The van der Waals surface area contributed by atoms with Gasteiger partial charge in [-0.15, -0.1) is 0 Å². The summed E-state index contributed by atoms with van der Waals surface area (Å²) >= 11 is 0. The quantitative estimate of drug-likeness (QED) is 0.691. The second-order valence-electron chi connectivity index (χ2n) is 8.03. The molecule has 2 aromatic rings. The number of aryl methyl sites for hydroxylation is 2. The monoisotopic (exact) mass is 444 g/mol. The van der Waals surface area contributed by atoms with E-state index in [0.717, 1.165) is 17.4 Å². The van der Waals surface area contributed by atoms with Gasteiger partial charge in [0.1, 0.15) is 0 Å². The second-order valence-corrected chi connectivity index (χ2v) is 10.0. The summed E-state index contributed by atoms with van der Waals surface area (Å²) in [6, 6.07) is 14.6. The molecule has 1 amide bonds. The van der Waals surface area contributed by atoms with Crippen LogP contribution >= 0.6 is 0 Å². The number of ether oxygens (including phenoxy) is 1. The number of anilines is 1. The van der Waals surface area contributed by atoms with Crippen molar-refractivity contribution in [2.24, 2.45) is 5.92 Å². The van der Waals surface area contributed by atoms with Gasteiger partial charge in [0.25, 0.3) is 5.91 Å². The lowest BCUT2D eigenvalue weighted by Gasteiger charge is -2.30. The van der Waals surface area contributed by atoms with Crippen molar-refractivity contribution >= 4 is 27.6 Å². The summed E-state index contributed by atoms with van der Waals surface area (Å²) in [5.74, 6) is -1.37. The number of carbonyl (C=O) groups excluding carboxylic acids is 2. The van der Waals surface area contributed by atoms with E-state index in [1.165, 1.54) is 4.31 Å². The number of hydrogen-bond acceptors (Lipinski definition) is 5. The minimum absolute atomic E-state index is 0.267. The topological polar surface area (TPSA) is 92.8 Å². The Balaban J connectivity index is 1.74. The average molecular weight is 445 g/mol. The predicted octanol–water partition coefficient (Wildman–Crippen LogP) is 3.20. The highest BCUT2D eigenvalue weighted by Gasteiger charge is 2.33. The summed E-state index contributed by atoms with van der Waals surface area (Å²) in [5.41, 5.74) is 3.25. The maximum Gasteiger partial charge on any atom is 0.310 e. The fraction of sp³-hybridized carbons (Fsp3) is 0.391. The first-order valence-corrected chi connectivity index (χ1v) is 12.1. The number of benzene rings is 2. The Hall–Kier alpha value is -2.71. The highest BCUT2D eigenvalue weighted by molar-refractivity contribution is 7.88. The maximum atomic E-state index is 13.1. The molecule has 0 aliphatic carbocycles. The number of esters is 1. The molecule has 0 radical (unpaired) electrons. The van der Waals surface area contributed by atoms with Gasteiger partial charge in [-0.05, 0) is 49.9 Å². The highest BCUT2D eigenvalue weighted by atomic mass is 32.2. The number of nitrogens with one attached hydrogen (secondary N) is 1. The predicted molar refractivity (Wildman–Crippen MR) is 119 cm³/mol. The van der Waals surface area contributed by atoms with Crippen molar-refractivity contribution < 1.29 is 22.7 Å². The van der Waals surface area contributed by atoms with Crippen molar-refractivity contribution in [3.8, 4) is 0 Å². The van der Waals surface area contributed by atoms with Crippen LogP contribution in [0.3, 0.4) is 0 Å². The molecule has 1 fully saturated rings. The molecule has 1 atom stereocenters. The summed E-state index contributed by atoms with van der Waals surface area (Å²) in [6.45, 7) is 4.42. The summed E-state index contributed by atoms with van der Waals surface area (Å²) in [4.78, 5) is 25.9. The third-order valence-electron chi connectivity index (χ3n) is 5.32. The molecule has 8 heteroatoms. The minimum Gasteiger partial charge on any atom is -0.447 e. The van der Waals surface area contributed by atoms with E-state index in [4.69, 9.17) is 4.74 Å². The molecule has 31 heavy (non-hydrogen) atoms. The Morgan fingerprint density at radius 3 is 2.16 bits per heavy atom. The largest absolute Gasteiger partial charge is 0.447 e. The van der Waals surface area contributed by atoms with E-state index in [2.05, 4.69) is 5.32 Å². The smallest absolute Gasteiger partial charge is 0.310 e. The number of amides is 1. The number of sulfonamides is 1. The third kappa shape index (κ3) is 6.15. The molecule has 1 aliphatic heterocycles. The zero-order valence-electron chi connectivity index (χ0n) is 18.0. The Kier molecular flexibility index (Phi) is 7.12. The van der Waals surface area contributed by atoms with Gasteiger partial charge in [0.05, 0.1) is 12.2 Å². The number of rotatable bonds is 6. The van der Waals surface area contributed by atoms with E-state index in [1.807, 2.05) is 38.1 Å². The Labute approximate surface area is 183 Å². The lowest BCUT2D eigenvalue weighted by atomic mass is 9.98. The summed E-state index contributed by atoms with van der Waals surface area (Å²) < 4.78 is 30.4. The molecule has 0 spiro atoms. The molecule has 1 aliphatic rings. The van der Waals surface area contributed by atoms with Gasteiger partial charge in [0.15, 0.2) is 0 Å². The minimum atomic E-state index is -3.28. The lowest BCUT2D eigenvalue weighted by molar-refractivity contribution is -0.160. The molecule has 3 rings (SSSR count). The zero-order valence-corrected chi connectivity index (χ0v) is 18.8.